The minimum Gasteiger partial charge on any atom is -0.262 e. The summed E-state index contributed by atoms with van der Waals surface area (Å²) in [5, 5.41) is 7.22. The third kappa shape index (κ3) is 3.90. The van der Waals surface area contributed by atoms with Gasteiger partial charge in [0.05, 0.1) is 9.79 Å². The third-order valence-electron chi connectivity index (χ3n) is 2.43. The van der Waals surface area contributed by atoms with E-state index in [1.165, 1.54) is 36.4 Å². The Kier molecular flexibility index (Phi) is 4.17. The number of sulfone groups is 1. The summed E-state index contributed by atoms with van der Waals surface area (Å²) in [5.74, 6) is 0.00610. The highest BCUT2D eigenvalue weighted by Crippen LogP contribution is 2.17. The maximum absolute atomic E-state index is 12.1. The van der Waals surface area contributed by atoms with Gasteiger partial charge in [-0.2, -0.15) is 0 Å². The highest BCUT2D eigenvalue weighted by atomic mass is 35.5. The second-order valence-corrected chi connectivity index (χ2v) is 8.18. The average molecular weight is 348 g/mol. The van der Waals surface area contributed by atoms with Gasteiger partial charge in [0.2, 0.25) is 0 Å². The number of anilines is 1. The number of nitrogens with one attached hydrogen (secondary N) is 1. The Morgan fingerprint density at radius 3 is 1.95 bits per heavy atom. The van der Waals surface area contributed by atoms with Gasteiger partial charge < -0.3 is 0 Å². The molecule has 0 aliphatic rings. The molecule has 2 aromatic rings. The van der Waals surface area contributed by atoms with E-state index in [1.54, 1.807) is 0 Å². The van der Waals surface area contributed by atoms with Gasteiger partial charge in [0.25, 0.3) is 10.0 Å². The Bertz CT molecular complexity index is 847. The molecule has 10 heteroatoms. The minimum atomic E-state index is -3.88. The Morgan fingerprint density at radius 2 is 1.48 bits per heavy atom. The van der Waals surface area contributed by atoms with Gasteiger partial charge in [-0.3, -0.25) is 4.72 Å². The minimum absolute atomic E-state index is 0.00610. The molecule has 7 nitrogen and oxygen atoms in total. The van der Waals surface area contributed by atoms with Gasteiger partial charge in [0, 0.05) is 6.26 Å². The van der Waals surface area contributed by atoms with Crippen molar-refractivity contribution >= 4 is 37.3 Å². The van der Waals surface area contributed by atoms with Crippen LogP contribution in [0.1, 0.15) is 0 Å². The summed E-state index contributed by atoms with van der Waals surface area (Å²) >= 11 is 5.55. The third-order valence-corrected chi connectivity index (χ3v) is 5.13. The number of sulfonamides is 1. The van der Waals surface area contributed by atoms with Gasteiger partial charge in [-0.15, -0.1) is 10.2 Å². The maximum atomic E-state index is 12.1. The van der Waals surface area contributed by atoms with E-state index in [-0.39, 0.29) is 20.8 Å². The van der Waals surface area contributed by atoms with E-state index in [0.29, 0.717) is 0 Å². The number of halogens is 1. The molecule has 0 radical (unpaired) electrons. The van der Waals surface area contributed by atoms with Crippen molar-refractivity contribution < 1.29 is 16.8 Å². The molecule has 0 bridgehead atoms. The monoisotopic (exact) mass is 347 g/mol. The molecule has 21 heavy (non-hydrogen) atoms. The number of nitrogens with zero attached hydrogens (tertiary/aromatic N) is 2. The Morgan fingerprint density at radius 1 is 0.905 bits per heavy atom. The van der Waals surface area contributed by atoms with Crippen molar-refractivity contribution in [1.82, 2.24) is 10.2 Å². The van der Waals surface area contributed by atoms with Gasteiger partial charge in [0.1, 0.15) is 0 Å². The first kappa shape index (κ1) is 15.7. The summed E-state index contributed by atoms with van der Waals surface area (Å²) in [6.07, 6.45) is 1.04. The van der Waals surface area contributed by atoms with Crippen LogP contribution in [0.2, 0.25) is 5.15 Å². The van der Waals surface area contributed by atoms with E-state index in [2.05, 4.69) is 14.9 Å². The van der Waals surface area contributed by atoms with Crippen LogP contribution in [0.5, 0.6) is 0 Å². The topological polar surface area (TPSA) is 106 Å². The molecule has 0 unspecified atom stereocenters. The fourth-order valence-corrected chi connectivity index (χ4v) is 3.16. The van der Waals surface area contributed by atoms with Crippen LogP contribution in [0, 0.1) is 0 Å². The Labute approximate surface area is 127 Å². The molecule has 1 aromatic heterocycles. The predicted octanol–water partition coefficient (Wildman–Crippen LogP) is 1.33. The number of hydrogen-bond donors (Lipinski definition) is 1. The number of benzene rings is 1. The largest absolute Gasteiger partial charge is 0.263 e. The van der Waals surface area contributed by atoms with Crippen LogP contribution in [0.15, 0.2) is 46.2 Å². The smallest absolute Gasteiger partial charge is 0.262 e. The van der Waals surface area contributed by atoms with E-state index >= 15 is 0 Å². The van der Waals surface area contributed by atoms with Crippen molar-refractivity contribution in [3.05, 3.63) is 41.6 Å². The van der Waals surface area contributed by atoms with Crippen LogP contribution in [-0.2, 0) is 19.9 Å². The van der Waals surface area contributed by atoms with Gasteiger partial charge in [-0.25, -0.2) is 16.8 Å². The molecule has 0 aliphatic heterocycles. The van der Waals surface area contributed by atoms with Crippen LogP contribution >= 0.6 is 11.6 Å². The number of hydrogen-bond acceptors (Lipinski definition) is 6. The highest BCUT2D eigenvalue weighted by Gasteiger charge is 2.16. The zero-order valence-electron chi connectivity index (χ0n) is 10.7. The van der Waals surface area contributed by atoms with E-state index < -0.39 is 19.9 Å². The molecule has 0 spiro atoms. The lowest BCUT2D eigenvalue weighted by Gasteiger charge is -2.07. The fraction of sp³-hybridized carbons (Fsp3) is 0.0909. The average Bonchev–Trinajstić information content (AvgIpc) is 2.40. The molecule has 0 amide bonds. The van der Waals surface area contributed by atoms with Crippen LogP contribution in [0.4, 0.5) is 5.82 Å². The second kappa shape index (κ2) is 5.58. The van der Waals surface area contributed by atoms with Crippen molar-refractivity contribution in [3.63, 3.8) is 0 Å². The first-order chi connectivity index (χ1) is 9.68. The van der Waals surface area contributed by atoms with E-state index in [1.807, 2.05) is 0 Å². The van der Waals surface area contributed by atoms with E-state index in [4.69, 9.17) is 11.6 Å². The summed E-state index contributed by atoms with van der Waals surface area (Å²) in [5.41, 5.74) is 0. The highest BCUT2D eigenvalue weighted by molar-refractivity contribution is 7.92. The maximum Gasteiger partial charge on any atom is 0.263 e. The van der Waals surface area contributed by atoms with Crippen molar-refractivity contribution in [2.75, 3.05) is 11.0 Å². The van der Waals surface area contributed by atoms with E-state index in [0.717, 1.165) is 6.26 Å². The summed E-state index contributed by atoms with van der Waals surface area (Å²) in [7, 11) is -7.26. The molecule has 0 saturated carbocycles. The fourth-order valence-electron chi connectivity index (χ4n) is 1.43. The van der Waals surface area contributed by atoms with Gasteiger partial charge >= 0.3 is 0 Å². The first-order valence-corrected chi connectivity index (χ1v) is 9.26. The predicted molar refractivity (Wildman–Crippen MR) is 77.4 cm³/mol. The van der Waals surface area contributed by atoms with Crippen LogP contribution in [0.25, 0.3) is 0 Å². The van der Waals surface area contributed by atoms with Crippen molar-refractivity contribution in [1.29, 1.82) is 0 Å². The van der Waals surface area contributed by atoms with Crippen molar-refractivity contribution in [2.45, 2.75) is 9.79 Å². The molecule has 0 atom stereocenters. The van der Waals surface area contributed by atoms with Gasteiger partial charge in [0.15, 0.2) is 20.8 Å². The number of aromatic nitrogens is 2. The summed E-state index contributed by atoms with van der Waals surface area (Å²) in [6, 6.07) is 7.58. The van der Waals surface area contributed by atoms with Crippen LogP contribution < -0.4 is 4.72 Å². The summed E-state index contributed by atoms with van der Waals surface area (Å²) < 4.78 is 49.0. The molecule has 0 saturated heterocycles. The summed E-state index contributed by atoms with van der Waals surface area (Å²) in [4.78, 5) is -0.0561. The molecule has 1 aromatic carbocycles. The quantitative estimate of drug-likeness (QED) is 0.894. The van der Waals surface area contributed by atoms with Crippen LogP contribution in [0.3, 0.4) is 0 Å². The molecule has 1 heterocycles. The molecule has 0 aliphatic carbocycles. The zero-order chi connectivity index (χ0) is 15.7. The van der Waals surface area contributed by atoms with Gasteiger partial charge in [-0.05, 0) is 36.4 Å². The van der Waals surface area contributed by atoms with Crippen LogP contribution in [-0.4, -0.2) is 33.3 Å². The van der Waals surface area contributed by atoms with Crippen molar-refractivity contribution in [3.8, 4) is 0 Å². The van der Waals surface area contributed by atoms with Crippen molar-refractivity contribution in [2.24, 2.45) is 0 Å². The SMILES string of the molecule is CS(=O)(=O)c1ccc(S(=O)(=O)Nc2ccc(Cl)nn2)cc1. The lowest BCUT2D eigenvalue weighted by molar-refractivity contribution is 0.597. The standard InChI is InChI=1S/C11H10ClN3O4S2/c1-20(16,17)8-2-4-9(5-3-8)21(18,19)15-11-7-6-10(12)13-14-11/h2-7H,1H3,(H,14,15). The first-order valence-electron chi connectivity index (χ1n) is 5.51. The lowest BCUT2D eigenvalue weighted by Crippen LogP contribution is -2.14. The molecule has 2 rings (SSSR count). The lowest BCUT2D eigenvalue weighted by atomic mass is 10.4. The van der Waals surface area contributed by atoms with E-state index in [9.17, 15) is 16.8 Å². The molecule has 0 fully saturated rings. The normalized spacial score (nSPS) is 12.1. The molecule has 1 N–H and O–H groups in total. The Hall–Kier alpha value is -1.71. The zero-order valence-corrected chi connectivity index (χ0v) is 13.1. The second-order valence-electron chi connectivity index (χ2n) is 4.09. The number of rotatable bonds is 4. The molecule has 112 valence electrons. The molecular formula is C11H10ClN3O4S2. The Balaban J connectivity index is 2.29. The summed E-state index contributed by atoms with van der Waals surface area (Å²) in [6.45, 7) is 0. The van der Waals surface area contributed by atoms with Gasteiger partial charge in [-0.1, -0.05) is 11.6 Å². The molecular weight excluding hydrogens is 338 g/mol.